The average Bonchev–Trinajstić information content (AvgIpc) is 1.63. The zero-order valence-electron chi connectivity index (χ0n) is 7.02. The molecule has 0 aliphatic carbocycles. The first-order valence-electron chi connectivity index (χ1n) is 3.42. The van der Waals surface area contributed by atoms with Crippen molar-refractivity contribution in [1.82, 2.24) is 7.79 Å². The van der Waals surface area contributed by atoms with Gasteiger partial charge in [-0.05, 0) is 5.67 Å². The van der Waals surface area contributed by atoms with Gasteiger partial charge in [0, 0.05) is 0 Å². The summed E-state index contributed by atoms with van der Waals surface area (Å²) in [5, 5.41) is 0. The summed E-state index contributed by atoms with van der Waals surface area (Å²) >= 11 is 0. The van der Waals surface area contributed by atoms with Gasteiger partial charge < -0.3 is 7.79 Å². The summed E-state index contributed by atoms with van der Waals surface area (Å²) in [7, 11) is 6.10. The molecule has 0 bridgehead atoms. The molecule has 0 aromatic rings. The molecule has 0 saturated heterocycles. The fourth-order valence-electron chi connectivity index (χ4n) is 0.703. The van der Waals surface area contributed by atoms with Crippen molar-refractivity contribution in [2.24, 2.45) is 0 Å². The highest BCUT2D eigenvalue weighted by Crippen LogP contribution is 1.77. The van der Waals surface area contributed by atoms with E-state index in [1.807, 2.05) is 0 Å². The SMILES string of the molecule is [SiH3]N([SiH3])[SiH2]C[SiH2]N([SiH3])[SiH3]. The first-order chi connectivity index (χ1) is 4.13. The number of hydrogen-bond donors (Lipinski definition) is 0. The Hall–Kier alpha value is 1.22. The first-order valence-corrected chi connectivity index (χ1v) is 10.3. The molecule has 0 heterocycles. The number of rotatable bonds is 4. The average molecular weight is 227 g/mol. The third kappa shape index (κ3) is 9.22. The second kappa shape index (κ2) is 5.97. The highest BCUT2D eigenvalue weighted by atomic mass is 28.4. The Morgan fingerprint density at radius 1 is 0.889 bits per heavy atom. The van der Waals surface area contributed by atoms with Crippen LogP contribution in [0.4, 0.5) is 0 Å². The van der Waals surface area contributed by atoms with Crippen LogP contribution in [0.1, 0.15) is 0 Å². The monoisotopic (exact) mass is 226 g/mol. The largest absolute Gasteiger partial charge is 0.388 e. The number of nitrogens with zero attached hydrogens (tertiary/aromatic N) is 2. The Morgan fingerprint density at radius 2 is 1.22 bits per heavy atom. The molecular weight excluding hydrogens is 209 g/mol. The Kier molecular flexibility index (Phi) is 6.78. The van der Waals surface area contributed by atoms with Gasteiger partial charge in [-0.3, -0.25) is 0 Å². The zero-order valence-corrected chi connectivity index (χ0v) is 17.8. The molecule has 0 N–H and O–H groups in total. The summed E-state index contributed by atoms with van der Waals surface area (Å²) in [6.07, 6.45) is 0. The van der Waals surface area contributed by atoms with E-state index in [9.17, 15) is 0 Å². The molecule has 8 heteroatoms. The van der Waals surface area contributed by atoms with Crippen LogP contribution in [0.2, 0.25) is 5.67 Å². The van der Waals surface area contributed by atoms with E-state index in [0.717, 1.165) is 0 Å². The van der Waals surface area contributed by atoms with Crippen LogP contribution in [0, 0.1) is 0 Å². The highest BCUT2D eigenvalue weighted by molar-refractivity contribution is 6.65. The van der Waals surface area contributed by atoms with E-state index in [4.69, 9.17) is 0 Å². The van der Waals surface area contributed by atoms with Crippen LogP contribution in [-0.2, 0) is 0 Å². The molecule has 0 fully saturated rings. The standard InChI is InChI=1S/CH18N2Si6/c4-2(5)8-1-9-3(6)7/h1,8-9H2,4-7H3. The summed E-state index contributed by atoms with van der Waals surface area (Å²) < 4.78 is 5.39. The molecule has 0 atom stereocenters. The highest BCUT2D eigenvalue weighted by Gasteiger charge is 1.92. The van der Waals surface area contributed by atoms with Gasteiger partial charge in [0.05, 0.1) is 61.0 Å². The van der Waals surface area contributed by atoms with E-state index in [1.54, 1.807) is 5.67 Å². The second-order valence-electron chi connectivity index (χ2n) is 2.96. The molecule has 0 aromatic carbocycles. The molecule has 0 aromatic heterocycles. The van der Waals surface area contributed by atoms with Crippen molar-refractivity contribution >= 4 is 61.0 Å². The Morgan fingerprint density at radius 3 is 1.44 bits per heavy atom. The molecule has 0 radical (unpaired) electrons. The molecule has 9 heavy (non-hydrogen) atoms. The molecule has 0 aliphatic rings. The van der Waals surface area contributed by atoms with Crippen LogP contribution in [0.5, 0.6) is 0 Å². The van der Waals surface area contributed by atoms with Crippen molar-refractivity contribution in [3.63, 3.8) is 0 Å². The maximum atomic E-state index is 2.69. The lowest BCUT2D eigenvalue weighted by atomic mass is 11.9. The molecule has 0 rings (SSSR count). The number of hydrogen-bond acceptors (Lipinski definition) is 2. The minimum atomic E-state index is 0.325. The quantitative estimate of drug-likeness (QED) is 0.440. The lowest BCUT2D eigenvalue weighted by Gasteiger charge is -2.12. The smallest absolute Gasteiger partial charge is 0.0778 e. The van der Waals surface area contributed by atoms with E-state index >= 15 is 0 Å². The lowest BCUT2D eigenvalue weighted by Crippen LogP contribution is -2.28. The first kappa shape index (κ1) is 10.2. The van der Waals surface area contributed by atoms with Gasteiger partial charge in [-0.1, -0.05) is 0 Å². The topological polar surface area (TPSA) is 6.48 Å². The molecule has 0 aliphatic heterocycles. The van der Waals surface area contributed by atoms with Crippen LogP contribution >= 0.6 is 0 Å². The molecule has 0 spiro atoms. The Bertz CT molecular complexity index is 56.1. The fraction of sp³-hybridized carbons (Fsp3) is 1.00. The molecule has 0 saturated carbocycles. The van der Waals surface area contributed by atoms with E-state index < -0.39 is 0 Å². The van der Waals surface area contributed by atoms with E-state index in [2.05, 4.69) is 7.79 Å². The van der Waals surface area contributed by atoms with Crippen molar-refractivity contribution in [3.05, 3.63) is 0 Å². The van der Waals surface area contributed by atoms with Gasteiger partial charge in [-0.2, -0.15) is 0 Å². The Balaban J connectivity index is 2.91. The maximum Gasteiger partial charge on any atom is 0.0778 e. The van der Waals surface area contributed by atoms with Crippen LogP contribution in [0.3, 0.4) is 0 Å². The summed E-state index contributed by atoms with van der Waals surface area (Å²) in [6, 6.07) is 0. The normalized spacial score (nSPS) is 15.3. The van der Waals surface area contributed by atoms with Crippen LogP contribution < -0.4 is 0 Å². The maximum absolute atomic E-state index is 2.69. The van der Waals surface area contributed by atoms with Gasteiger partial charge in [-0.25, -0.2) is 0 Å². The van der Waals surface area contributed by atoms with E-state index in [-0.39, 0.29) is 0 Å². The summed E-state index contributed by atoms with van der Waals surface area (Å²) in [4.78, 5) is 0. The predicted molar refractivity (Wildman–Crippen MR) is 65.3 cm³/mol. The van der Waals surface area contributed by atoms with Crippen molar-refractivity contribution in [2.75, 3.05) is 0 Å². The third-order valence-corrected chi connectivity index (χ3v) is 10.9. The predicted octanol–water partition coefficient (Wildman–Crippen LogP) is -6.74. The third-order valence-electron chi connectivity index (χ3n) is 1.21. The minimum Gasteiger partial charge on any atom is -0.388 e. The lowest BCUT2D eigenvalue weighted by molar-refractivity contribution is 1.11. The van der Waals surface area contributed by atoms with Crippen molar-refractivity contribution < 1.29 is 0 Å². The molecule has 0 unspecified atom stereocenters. The van der Waals surface area contributed by atoms with Crippen LogP contribution in [-0.4, -0.2) is 68.8 Å². The van der Waals surface area contributed by atoms with E-state index in [0.29, 0.717) is 19.4 Å². The Labute approximate surface area is 74.6 Å². The van der Waals surface area contributed by atoms with Crippen molar-refractivity contribution in [3.8, 4) is 0 Å². The molecule has 0 amide bonds. The zero-order chi connectivity index (χ0) is 7.28. The second-order valence-corrected chi connectivity index (χ2v) is 24.0. The van der Waals surface area contributed by atoms with Gasteiger partial charge >= 0.3 is 0 Å². The molecular formula is CH18N2Si6. The summed E-state index contributed by atoms with van der Waals surface area (Å²) in [5.41, 5.74) is 1.68. The van der Waals surface area contributed by atoms with Gasteiger partial charge in [0.15, 0.2) is 0 Å². The minimum absolute atomic E-state index is 0.325. The van der Waals surface area contributed by atoms with Gasteiger partial charge in [0.2, 0.25) is 0 Å². The van der Waals surface area contributed by atoms with Crippen LogP contribution in [0.25, 0.3) is 0 Å². The summed E-state index contributed by atoms with van der Waals surface area (Å²) in [6.45, 7) is 0. The van der Waals surface area contributed by atoms with Gasteiger partial charge in [-0.15, -0.1) is 0 Å². The molecule has 2 nitrogen and oxygen atoms in total. The van der Waals surface area contributed by atoms with E-state index in [1.165, 1.54) is 41.6 Å². The molecule has 56 valence electrons. The fourth-order valence-corrected chi connectivity index (χ4v) is 17.7. The van der Waals surface area contributed by atoms with Crippen molar-refractivity contribution in [1.29, 1.82) is 0 Å². The van der Waals surface area contributed by atoms with Crippen molar-refractivity contribution in [2.45, 2.75) is 5.67 Å². The van der Waals surface area contributed by atoms with Gasteiger partial charge in [0.25, 0.3) is 0 Å². The van der Waals surface area contributed by atoms with Gasteiger partial charge in [0.1, 0.15) is 0 Å². The summed E-state index contributed by atoms with van der Waals surface area (Å²) in [5.74, 6) is 0. The van der Waals surface area contributed by atoms with Crippen LogP contribution in [0.15, 0.2) is 0 Å².